The number of rotatable bonds is 11. The zero-order valence-corrected chi connectivity index (χ0v) is 24.3. The molecule has 0 fully saturated rings. The number of aromatic nitrogens is 3. The van der Waals surface area contributed by atoms with Gasteiger partial charge in [0.05, 0.1) is 23.9 Å². The van der Waals surface area contributed by atoms with Gasteiger partial charge in [-0.05, 0) is 67.8 Å². The number of sulfonamides is 1. The second-order valence-electron chi connectivity index (χ2n) is 10.1. The molecule has 1 aliphatic heterocycles. The third-order valence-corrected chi connectivity index (χ3v) is 9.05. The highest BCUT2D eigenvalue weighted by molar-refractivity contribution is 7.89. The summed E-state index contributed by atoms with van der Waals surface area (Å²) < 4.78 is 34.6. The number of nitrogens with zero attached hydrogens (tertiary/aromatic N) is 4. The minimum absolute atomic E-state index is 0.217. The van der Waals surface area contributed by atoms with Crippen LogP contribution in [0.25, 0.3) is 11.0 Å². The quantitative estimate of drug-likeness (QED) is 0.227. The van der Waals surface area contributed by atoms with Crippen molar-refractivity contribution >= 4 is 44.2 Å². The molecule has 0 unspecified atom stereocenters. The minimum Gasteiger partial charge on any atom is -0.495 e. The molecule has 40 heavy (non-hydrogen) atoms. The molecule has 3 N–H and O–H groups in total. The maximum Gasteiger partial charge on any atom is 0.245 e. The third-order valence-electron chi connectivity index (χ3n) is 7.09. The summed E-state index contributed by atoms with van der Waals surface area (Å²) >= 11 is 0. The molecule has 0 spiro atoms. The zero-order chi connectivity index (χ0) is 28.3. The second kappa shape index (κ2) is 11.8. The molecule has 0 saturated heterocycles. The zero-order valence-electron chi connectivity index (χ0n) is 23.5. The van der Waals surface area contributed by atoms with Gasteiger partial charge in [-0.15, -0.1) is 0 Å². The molecule has 0 aliphatic carbocycles. The number of benzene rings is 2. The highest BCUT2D eigenvalue weighted by Crippen LogP contribution is 2.35. The molecular weight excluding hydrogens is 526 g/mol. The summed E-state index contributed by atoms with van der Waals surface area (Å²) in [5.41, 5.74) is 4.36. The van der Waals surface area contributed by atoms with Gasteiger partial charge in [-0.1, -0.05) is 26.0 Å². The second-order valence-corrected chi connectivity index (χ2v) is 12.0. The fourth-order valence-electron chi connectivity index (χ4n) is 5.12. The predicted molar refractivity (Wildman–Crippen MR) is 159 cm³/mol. The Morgan fingerprint density at radius 2 is 1.80 bits per heavy atom. The fraction of sp³-hybridized carbons (Fsp3) is 0.379. The van der Waals surface area contributed by atoms with E-state index in [1.807, 2.05) is 26.0 Å². The normalized spacial score (nSPS) is 13.9. The van der Waals surface area contributed by atoms with E-state index in [-0.39, 0.29) is 4.90 Å². The van der Waals surface area contributed by atoms with Gasteiger partial charge in [0, 0.05) is 32.4 Å². The van der Waals surface area contributed by atoms with Crippen molar-refractivity contribution in [2.45, 2.75) is 44.6 Å². The molecule has 0 amide bonds. The highest BCUT2D eigenvalue weighted by atomic mass is 32.2. The van der Waals surface area contributed by atoms with E-state index in [0.29, 0.717) is 36.2 Å². The van der Waals surface area contributed by atoms with Crippen molar-refractivity contribution < 1.29 is 13.2 Å². The number of fused-ring (bicyclic) bond motifs is 2. The van der Waals surface area contributed by atoms with E-state index < -0.39 is 10.0 Å². The Hall–Kier alpha value is -3.67. The van der Waals surface area contributed by atoms with Gasteiger partial charge in [0.15, 0.2) is 0 Å². The Labute approximate surface area is 235 Å². The number of ether oxygens (including phenoxy) is 1. The minimum atomic E-state index is -3.71. The lowest BCUT2D eigenvalue weighted by atomic mass is 9.99. The van der Waals surface area contributed by atoms with Crippen LogP contribution in [0.2, 0.25) is 0 Å². The van der Waals surface area contributed by atoms with Crippen molar-refractivity contribution in [2.75, 3.05) is 44.4 Å². The number of para-hydroxylation sites is 1. The number of hydrogen-bond acceptors (Lipinski definition) is 8. The Bertz CT molecular complexity index is 1600. The molecule has 10 nitrogen and oxygen atoms in total. The molecule has 0 atom stereocenters. The average Bonchev–Trinajstić information content (AvgIpc) is 3.42. The SMILES string of the molecule is CCCN(CCC)S(=O)(=O)c1ccccc1Nc1nc(Nc2cc3c(cc2OC)CCN(C)C3)nc2[nH]ccc12. The molecular formula is C29H37N7O3S. The number of aromatic amines is 1. The molecule has 212 valence electrons. The molecule has 2 aromatic heterocycles. The van der Waals surface area contributed by atoms with Gasteiger partial charge in [-0.2, -0.15) is 14.3 Å². The first-order valence-electron chi connectivity index (χ1n) is 13.7. The topological polar surface area (TPSA) is 115 Å². The van der Waals surface area contributed by atoms with E-state index >= 15 is 0 Å². The van der Waals surface area contributed by atoms with Crippen molar-refractivity contribution in [1.29, 1.82) is 0 Å². The van der Waals surface area contributed by atoms with Gasteiger partial charge in [-0.25, -0.2) is 8.42 Å². The summed E-state index contributed by atoms with van der Waals surface area (Å²) in [6.07, 6.45) is 4.23. The first kappa shape index (κ1) is 27.9. The summed E-state index contributed by atoms with van der Waals surface area (Å²) in [6.45, 7) is 6.76. The summed E-state index contributed by atoms with van der Waals surface area (Å²) in [5, 5.41) is 7.39. The summed E-state index contributed by atoms with van der Waals surface area (Å²) in [6, 6.07) is 13.0. The molecule has 0 radical (unpaired) electrons. The van der Waals surface area contributed by atoms with Crippen LogP contribution in [-0.4, -0.2) is 66.4 Å². The summed E-state index contributed by atoms with van der Waals surface area (Å²) in [4.78, 5) is 15.1. The lowest BCUT2D eigenvalue weighted by molar-refractivity contribution is 0.312. The van der Waals surface area contributed by atoms with Gasteiger partial charge in [0.1, 0.15) is 22.1 Å². The first-order valence-corrected chi connectivity index (χ1v) is 15.1. The van der Waals surface area contributed by atoms with Crippen molar-refractivity contribution in [1.82, 2.24) is 24.2 Å². The van der Waals surface area contributed by atoms with Crippen LogP contribution in [0.5, 0.6) is 5.75 Å². The van der Waals surface area contributed by atoms with Crippen LogP contribution in [0.3, 0.4) is 0 Å². The van der Waals surface area contributed by atoms with Crippen LogP contribution in [0, 0.1) is 0 Å². The van der Waals surface area contributed by atoms with Gasteiger partial charge >= 0.3 is 0 Å². The lowest BCUT2D eigenvalue weighted by Crippen LogP contribution is -2.33. The molecule has 11 heteroatoms. The van der Waals surface area contributed by atoms with E-state index in [2.05, 4.69) is 44.7 Å². The van der Waals surface area contributed by atoms with Crippen molar-refractivity contribution in [3.63, 3.8) is 0 Å². The Balaban J connectivity index is 1.52. The number of H-pyrrole nitrogens is 1. The van der Waals surface area contributed by atoms with Gasteiger partial charge in [0.25, 0.3) is 0 Å². The third kappa shape index (κ3) is 5.63. The van der Waals surface area contributed by atoms with Crippen molar-refractivity contribution in [3.05, 3.63) is 59.8 Å². The largest absolute Gasteiger partial charge is 0.495 e. The maximum absolute atomic E-state index is 13.7. The standard InChI is InChI=1S/C29H37N7O3S/c1-5-14-36(15-6-2)40(37,38)26-10-8-7-9-23(26)31-28-22-11-13-30-27(22)33-29(34-28)32-24-17-21-19-35(3)16-12-20(21)18-25(24)39-4/h7-11,13,17-18H,5-6,12,14-16,19H2,1-4H3,(H3,30,31,32,33,34). The smallest absolute Gasteiger partial charge is 0.245 e. The van der Waals surface area contributed by atoms with Crippen LogP contribution in [0.15, 0.2) is 53.6 Å². The van der Waals surface area contributed by atoms with Crippen LogP contribution < -0.4 is 15.4 Å². The summed E-state index contributed by atoms with van der Waals surface area (Å²) in [7, 11) is 0.0542. The number of nitrogens with one attached hydrogen (secondary N) is 3. The number of likely N-dealkylation sites (N-methyl/N-ethyl adjacent to an activating group) is 1. The van der Waals surface area contributed by atoms with Crippen LogP contribution >= 0.6 is 0 Å². The van der Waals surface area contributed by atoms with E-state index in [0.717, 1.165) is 49.2 Å². The Kier molecular flexibility index (Phi) is 8.24. The lowest BCUT2D eigenvalue weighted by Gasteiger charge is -2.26. The van der Waals surface area contributed by atoms with Crippen LogP contribution in [0.1, 0.15) is 37.8 Å². The van der Waals surface area contributed by atoms with E-state index in [1.165, 1.54) is 11.1 Å². The van der Waals surface area contributed by atoms with E-state index in [1.54, 1.807) is 35.8 Å². The number of hydrogen-bond donors (Lipinski definition) is 3. The molecule has 0 bridgehead atoms. The number of anilines is 4. The molecule has 4 aromatic rings. The van der Waals surface area contributed by atoms with Gasteiger partial charge < -0.3 is 25.3 Å². The van der Waals surface area contributed by atoms with Crippen molar-refractivity contribution in [2.24, 2.45) is 0 Å². The maximum atomic E-state index is 13.7. The average molecular weight is 564 g/mol. The predicted octanol–water partition coefficient (Wildman–Crippen LogP) is 5.25. The first-order chi connectivity index (χ1) is 19.3. The molecule has 5 rings (SSSR count). The summed E-state index contributed by atoms with van der Waals surface area (Å²) in [5.74, 6) is 1.57. The molecule has 1 aliphatic rings. The monoisotopic (exact) mass is 563 g/mol. The van der Waals surface area contributed by atoms with Crippen molar-refractivity contribution in [3.8, 4) is 5.75 Å². The van der Waals surface area contributed by atoms with Crippen LogP contribution in [-0.2, 0) is 23.0 Å². The van der Waals surface area contributed by atoms with Crippen LogP contribution in [0.4, 0.5) is 23.1 Å². The van der Waals surface area contributed by atoms with E-state index in [9.17, 15) is 8.42 Å². The Morgan fingerprint density at radius 3 is 2.55 bits per heavy atom. The van der Waals surface area contributed by atoms with E-state index in [4.69, 9.17) is 9.72 Å². The molecule has 2 aromatic carbocycles. The highest BCUT2D eigenvalue weighted by Gasteiger charge is 2.26. The molecule has 3 heterocycles. The Morgan fingerprint density at radius 1 is 1.02 bits per heavy atom. The molecule has 0 saturated carbocycles. The number of methoxy groups -OCH3 is 1. The van der Waals surface area contributed by atoms with Gasteiger partial charge in [0.2, 0.25) is 16.0 Å². The fourth-order valence-corrected chi connectivity index (χ4v) is 6.89. The van der Waals surface area contributed by atoms with Gasteiger partial charge in [-0.3, -0.25) is 0 Å².